The van der Waals surface area contributed by atoms with Gasteiger partial charge in [0.2, 0.25) is 0 Å². The number of likely N-dealkylation sites (tertiary alicyclic amines) is 1. The van der Waals surface area contributed by atoms with Crippen LogP contribution in [0.4, 0.5) is 0 Å². The first-order chi connectivity index (χ1) is 9.40. The summed E-state index contributed by atoms with van der Waals surface area (Å²) in [5.74, 6) is 1.00. The highest BCUT2D eigenvalue weighted by atomic mass is 15.3. The van der Waals surface area contributed by atoms with Crippen LogP contribution in [-0.4, -0.2) is 44.7 Å². The summed E-state index contributed by atoms with van der Waals surface area (Å²) in [5, 5.41) is 12.1. The number of hydrogen-bond acceptors (Lipinski definition) is 4. The van der Waals surface area contributed by atoms with Crippen LogP contribution in [0.2, 0.25) is 0 Å². The minimum absolute atomic E-state index is 0.608. The first-order valence-electron chi connectivity index (χ1n) is 7.16. The van der Waals surface area contributed by atoms with Crippen molar-refractivity contribution in [2.24, 2.45) is 0 Å². The molecule has 0 amide bonds. The van der Waals surface area contributed by atoms with Crippen molar-refractivity contribution in [2.75, 3.05) is 13.1 Å². The summed E-state index contributed by atoms with van der Waals surface area (Å²) in [6, 6.07) is 7.49. The SMILES string of the molecule is c1ccn2c(CNC3CCN(C4CC4)C3)nnc2c1. The molecule has 0 aromatic carbocycles. The van der Waals surface area contributed by atoms with E-state index in [1.165, 1.54) is 32.4 Å². The average Bonchev–Trinajstić information content (AvgIpc) is 3.05. The molecule has 1 aliphatic heterocycles. The zero-order valence-corrected chi connectivity index (χ0v) is 11.0. The number of nitrogens with one attached hydrogen (secondary N) is 1. The van der Waals surface area contributed by atoms with Crippen LogP contribution < -0.4 is 5.32 Å². The van der Waals surface area contributed by atoms with E-state index in [0.717, 1.165) is 24.1 Å². The summed E-state index contributed by atoms with van der Waals surface area (Å²) in [4.78, 5) is 2.62. The van der Waals surface area contributed by atoms with Gasteiger partial charge < -0.3 is 5.32 Å². The second-order valence-electron chi connectivity index (χ2n) is 5.64. The van der Waals surface area contributed by atoms with Gasteiger partial charge in [-0.15, -0.1) is 10.2 Å². The monoisotopic (exact) mass is 257 g/mol. The molecule has 1 saturated heterocycles. The molecule has 2 aromatic rings. The molecule has 4 rings (SSSR count). The van der Waals surface area contributed by atoms with Crippen molar-refractivity contribution < 1.29 is 0 Å². The molecule has 5 heteroatoms. The summed E-state index contributed by atoms with van der Waals surface area (Å²) < 4.78 is 2.06. The Bertz CT molecular complexity index is 574. The molecular weight excluding hydrogens is 238 g/mol. The first-order valence-corrected chi connectivity index (χ1v) is 7.16. The van der Waals surface area contributed by atoms with E-state index in [9.17, 15) is 0 Å². The molecule has 1 aliphatic carbocycles. The van der Waals surface area contributed by atoms with Crippen molar-refractivity contribution in [1.82, 2.24) is 24.8 Å². The highest BCUT2D eigenvalue weighted by Gasteiger charge is 2.34. The number of nitrogens with zero attached hydrogens (tertiary/aromatic N) is 4. The Hall–Kier alpha value is -1.46. The predicted molar refractivity (Wildman–Crippen MR) is 72.8 cm³/mol. The second kappa shape index (κ2) is 4.58. The Morgan fingerprint density at radius 3 is 3.05 bits per heavy atom. The Morgan fingerprint density at radius 1 is 1.21 bits per heavy atom. The third-order valence-corrected chi connectivity index (χ3v) is 4.22. The normalized spacial score (nSPS) is 24.3. The smallest absolute Gasteiger partial charge is 0.160 e. The second-order valence-corrected chi connectivity index (χ2v) is 5.64. The van der Waals surface area contributed by atoms with E-state index in [0.29, 0.717) is 6.04 Å². The predicted octanol–water partition coefficient (Wildman–Crippen LogP) is 1.06. The van der Waals surface area contributed by atoms with Crippen LogP contribution in [0.15, 0.2) is 24.4 Å². The van der Waals surface area contributed by atoms with Gasteiger partial charge in [-0.2, -0.15) is 0 Å². The lowest BCUT2D eigenvalue weighted by Gasteiger charge is -2.15. The minimum atomic E-state index is 0.608. The molecule has 19 heavy (non-hydrogen) atoms. The van der Waals surface area contributed by atoms with Gasteiger partial charge in [-0.3, -0.25) is 9.30 Å². The van der Waals surface area contributed by atoms with Gasteiger partial charge in [0.1, 0.15) is 0 Å². The molecule has 3 heterocycles. The van der Waals surface area contributed by atoms with Gasteiger partial charge in [-0.25, -0.2) is 0 Å². The topological polar surface area (TPSA) is 45.5 Å². The van der Waals surface area contributed by atoms with E-state index in [1.54, 1.807) is 0 Å². The van der Waals surface area contributed by atoms with E-state index < -0.39 is 0 Å². The van der Waals surface area contributed by atoms with Crippen LogP contribution in [0.1, 0.15) is 25.1 Å². The van der Waals surface area contributed by atoms with Crippen LogP contribution >= 0.6 is 0 Å². The van der Waals surface area contributed by atoms with E-state index in [-0.39, 0.29) is 0 Å². The lowest BCUT2D eigenvalue weighted by molar-refractivity contribution is 0.317. The highest BCUT2D eigenvalue weighted by Crippen LogP contribution is 2.29. The van der Waals surface area contributed by atoms with Gasteiger partial charge in [0, 0.05) is 31.4 Å². The molecule has 5 nitrogen and oxygen atoms in total. The minimum Gasteiger partial charge on any atom is -0.306 e. The molecule has 1 unspecified atom stereocenters. The third kappa shape index (κ3) is 2.24. The lowest BCUT2D eigenvalue weighted by atomic mass is 10.2. The molecule has 2 aromatic heterocycles. The van der Waals surface area contributed by atoms with Crippen molar-refractivity contribution >= 4 is 5.65 Å². The molecule has 1 saturated carbocycles. The Morgan fingerprint density at radius 2 is 2.16 bits per heavy atom. The molecule has 100 valence electrons. The molecule has 2 fully saturated rings. The van der Waals surface area contributed by atoms with Gasteiger partial charge in [0.25, 0.3) is 0 Å². The van der Waals surface area contributed by atoms with E-state index in [4.69, 9.17) is 0 Å². The van der Waals surface area contributed by atoms with Crippen molar-refractivity contribution in [1.29, 1.82) is 0 Å². The number of aromatic nitrogens is 3. The van der Waals surface area contributed by atoms with Crippen molar-refractivity contribution in [3.63, 3.8) is 0 Å². The van der Waals surface area contributed by atoms with Gasteiger partial charge in [-0.1, -0.05) is 6.07 Å². The maximum absolute atomic E-state index is 4.26. The maximum atomic E-state index is 4.26. The Kier molecular flexibility index (Phi) is 2.74. The lowest BCUT2D eigenvalue weighted by Crippen LogP contribution is -2.33. The standard InChI is InChI=1S/C14H19N5/c1-2-7-19-13(3-1)16-17-14(19)9-15-11-6-8-18(10-11)12-4-5-12/h1-3,7,11-12,15H,4-6,8-10H2. The highest BCUT2D eigenvalue weighted by molar-refractivity contribution is 5.36. The first kappa shape index (κ1) is 11.4. The zero-order valence-electron chi connectivity index (χ0n) is 11.0. The van der Waals surface area contributed by atoms with Gasteiger partial charge >= 0.3 is 0 Å². The average molecular weight is 257 g/mol. The summed E-state index contributed by atoms with van der Waals surface area (Å²) in [6.07, 6.45) is 6.09. The largest absolute Gasteiger partial charge is 0.306 e. The molecule has 0 radical (unpaired) electrons. The number of hydrogen-bond donors (Lipinski definition) is 1. The number of rotatable bonds is 4. The molecule has 2 aliphatic rings. The summed E-state index contributed by atoms with van der Waals surface area (Å²) in [7, 11) is 0. The fraction of sp³-hybridized carbons (Fsp3) is 0.571. The fourth-order valence-electron chi connectivity index (χ4n) is 2.97. The number of pyridine rings is 1. The van der Waals surface area contributed by atoms with Crippen LogP contribution in [0, 0.1) is 0 Å². The third-order valence-electron chi connectivity index (χ3n) is 4.22. The summed E-state index contributed by atoms with van der Waals surface area (Å²) in [5.41, 5.74) is 0.922. The molecular formula is C14H19N5. The Balaban J connectivity index is 1.39. The quantitative estimate of drug-likeness (QED) is 0.889. The molecule has 1 atom stereocenters. The maximum Gasteiger partial charge on any atom is 0.160 e. The van der Waals surface area contributed by atoms with E-state index in [1.807, 2.05) is 24.4 Å². The van der Waals surface area contributed by atoms with Crippen molar-refractivity contribution in [3.8, 4) is 0 Å². The van der Waals surface area contributed by atoms with Crippen molar-refractivity contribution in [3.05, 3.63) is 30.2 Å². The van der Waals surface area contributed by atoms with Crippen molar-refractivity contribution in [2.45, 2.75) is 37.9 Å². The molecule has 1 N–H and O–H groups in total. The zero-order chi connectivity index (χ0) is 12.7. The van der Waals surface area contributed by atoms with Crippen LogP contribution in [-0.2, 0) is 6.54 Å². The molecule has 0 bridgehead atoms. The Labute approximate surface area is 112 Å². The van der Waals surface area contributed by atoms with Gasteiger partial charge in [0.15, 0.2) is 11.5 Å². The summed E-state index contributed by atoms with van der Waals surface area (Å²) >= 11 is 0. The van der Waals surface area contributed by atoms with Crippen LogP contribution in [0.3, 0.4) is 0 Å². The van der Waals surface area contributed by atoms with Gasteiger partial charge in [-0.05, 0) is 31.4 Å². The van der Waals surface area contributed by atoms with Crippen LogP contribution in [0.25, 0.3) is 5.65 Å². The van der Waals surface area contributed by atoms with Gasteiger partial charge in [0.05, 0.1) is 6.54 Å². The van der Waals surface area contributed by atoms with Crippen LogP contribution in [0.5, 0.6) is 0 Å². The van der Waals surface area contributed by atoms with E-state index >= 15 is 0 Å². The number of fused-ring (bicyclic) bond motifs is 1. The fourth-order valence-corrected chi connectivity index (χ4v) is 2.97. The van der Waals surface area contributed by atoms with E-state index in [2.05, 4.69) is 24.8 Å². The molecule has 0 spiro atoms. The summed E-state index contributed by atoms with van der Waals surface area (Å²) in [6.45, 7) is 3.25.